The van der Waals surface area contributed by atoms with Crippen molar-refractivity contribution in [3.8, 4) is 5.95 Å². The summed E-state index contributed by atoms with van der Waals surface area (Å²) >= 11 is 0. The average Bonchev–Trinajstić information content (AvgIpc) is 2.75. The second-order valence-electron chi connectivity index (χ2n) is 3.92. The van der Waals surface area contributed by atoms with Crippen molar-refractivity contribution in [1.29, 1.82) is 0 Å². The topological polar surface area (TPSA) is 63.8 Å². The van der Waals surface area contributed by atoms with Gasteiger partial charge in [-0.2, -0.15) is 5.10 Å². The molecule has 0 amide bonds. The van der Waals surface area contributed by atoms with Gasteiger partial charge in [0.1, 0.15) is 0 Å². The summed E-state index contributed by atoms with van der Waals surface area (Å²) in [4.78, 5) is 8.32. The van der Waals surface area contributed by atoms with Gasteiger partial charge < -0.3 is 5.11 Å². The second kappa shape index (κ2) is 3.68. The molecule has 1 atom stereocenters. The molecule has 1 unspecified atom stereocenters. The number of aliphatic hydroxyl groups is 1. The predicted octanol–water partition coefficient (Wildman–Crippen LogP) is 1.03. The number of aromatic nitrogens is 4. The zero-order valence-corrected chi connectivity index (χ0v) is 8.74. The van der Waals surface area contributed by atoms with Crippen molar-refractivity contribution < 1.29 is 5.11 Å². The summed E-state index contributed by atoms with van der Waals surface area (Å²) in [7, 11) is 0. The van der Waals surface area contributed by atoms with Crippen LogP contribution in [-0.2, 0) is 6.42 Å². The average molecular weight is 216 g/mol. The van der Waals surface area contributed by atoms with E-state index in [2.05, 4.69) is 15.1 Å². The molecule has 0 fully saturated rings. The summed E-state index contributed by atoms with van der Waals surface area (Å²) in [6.45, 7) is 0. The maximum atomic E-state index is 9.83. The number of aliphatic hydroxyl groups excluding tert-OH is 1. The van der Waals surface area contributed by atoms with Crippen LogP contribution in [0.2, 0.25) is 0 Å². The first kappa shape index (κ1) is 9.47. The van der Waals surface area contributed by atoms with E-state index in [4.69, 9.17) is 0 Å². The molecule has 1 aliphatic rings. The summed E-state index contributed by atoms with van der Waals surface area (Å²) in [5.41, 5.74) is 1.95. The Kier molecular flexibility index (Phi) is 2.18. The molecule has 5 nitrogen and oxygen atoms in total. The van der Waals surface area contributed by atoms with E-state index in [1.165, 1.54) is 0 Å². The van der Waals surface area contributed by atoms with E-state index in [-0.39, 0.29) is 6.10 Å². The summed E-state index contributed by atoms with van der Waals surface area (Å²) < 4.78 is 1.72. The van der Waals surface area contributed by atoms with Gasteiger partial charge in [-0.25, -0.2) is 14.6 Å². The minimum atomic E-state index is -0.388. The maximum Gasteiger partial charge on any atom is 0.250 e. The first-order valence-corrected chi connectivity index (χ1v) is 5.38. The van der Waals surface area contributed by atoms with Crippen LogP contribution in [0.15, 0.2) is 24.7 Å². The fraction of sp³-hybridized carbons (Fsp3) is 0.364. The van der Waals surface area contributed by atoms with Gasteiger partial charge >= 0.3 is 0 Å². The fourth-order valence-electron chi connectivity index (χ4n) is 2.11. The lowest BCUT2D eigenvalue weighted by molar-refractivity contribution is 0.156. The molecule has 0 aliphatic heterocycles. The Morgan fingerprint density at radius 3 is 2.94 bits per heavy atom. The summed E-state index contributed by atoms with van der Waals surface area (Å²) in [5.74, 6) is 0.567. The van der Waals surface area contributed by atoms with E-state index in [1.54, 1.807) is 29.3 Å². The molecule has 2 aromatic heterocycles. The van der Waals surface area contributed by atoms with Crippen LogP contribution in [0.4, 0.5) is 0 Å². The highest BCUT2D eigenvalue weighted by atomic mass is 16.3. The molecule has 82 valence electrons. The monoisotopic (exact) mass is 216 g/mol. The molecular formula is C11H12N4O. The molecule has 16 heavy (non-hydrogen) atoms. The lowest BCUT2D eigenvalue weighted by Crippen LogP contribution is -2.13. The Labute approximate surface area is 92.8 Å². The molecule has 2 heterocycles. The summed E-state index contributed by atoms with van der Waals surface area (Å²) in [5, 5.41) is 14.1. The van der Waals surface area contributed by atoms with E-state index in [1.807, 2.05) is 0 Å². The Balaban J connectivity index is 2.10. The van der Waals surface area contributed by atoms with Gasteiger partial charge in [-0.05, 0) is 25.3 Å². The zero-order valence-electron chi connectivity index (χ0n) is 8.74. The molecule has 5 heteroatoms. The van der Waals surface area contributed by atoms with Crippen molar-refractivity contribution in [3.05, 3.63) is 35.9 Å². The molecule has 3 rings (SSSR count). The number of fused-ring (bicyclic) bond motifs is 1. The molecule has 0 saturated heterocycles. The van der Waals surface area contributed by atoms with Crippen molar-refractivity contribution >= 4 is 0 Å². The smallest absolute Gasteiger partial charge is 0.250 e. The molecule has 0 spiro atoms. The Morgan fingerprint density at radius 2 is 2.12 bits per heavy atom. The molecular weight excluding hydrogens is 204 g/mol. The van der Waals surface area contributed by atoms with E-state index >= 15 is 0 Å². The van der Waals surface area contributed by atoms with Crippen LogP contribution in [0.5, 0.6) is 0 Å². The zero-order chi connectivity index (χ0) is 11.0. The van der Waals surface area contributed by atoms with Gasteiger partial charge in [0.2, 0.25) is 0 Å². The highest BCUT2D eigenvalue weighted by Crippen LogP contribution is 2.29. The number of rotatable bonds is 1. The summed E-state index contributed by atoms with van der Waals surface area (Å²) in [6, 6.07) is 1.77. The van der Waals surface area contributed by atoms with E-state index in [0.29, 0.717) is 5.95 Å². The highest BCUT2D eigenvalue weighted by molar-refractivity contribution is 5.28. The van der Waals surface area contributed by atoms with Gasteiger partial charge in [0, 0.05) is 18.0 Å². The normalized spacial score (nSPS) is 19.4. The predicted molar refractivity (Wildman–Crippen MR) is 57.1 cm³/mol. The van der Waals surface area contributed by atoms with Crippen molar-refractivity contribution in [2.75, 3.05) is 0 Å². The van der Waals surface area contributed by atoms with Gasteiger partial charge in [0.15, 0.2) is 0 Å². The number of hydrogen-bond acceptors (Lipinski definition) is 4. The van der Waals surface area contributed by atoms with Gasteiger partial charge in [0.25, 0.3) is 5.95 Å². The molecule has 2 aromatic rings. The van der Waals surface area contributed by atoms with Gasteiger partial charge in [0.05, 0.1) is 18.0 Å². The Bertz CT molecular complexity index is 494. The van der Waals surface area contributed by atoms with Gasteiger partial charge in [-0.15, -0.1) is 0 Å². The maximum absolute atomic E-state index is 9.83. The van der Waals surface area contributed by atoms with Crippen LogP contribution in [-0.4, -0.2) is 24.9 Å². The van der Waals surface area contributed by atoms with Crippen molar-refractivity contribution in [1.82, 2.24) is 19.7 Å². The minimum absolute atomic E-state index is 0.388. The van der Waals surface area contributed by atoms with Crippen molar-refractivity contribution in [2.24, 2.45) is 0 Å². The fourth-order valence-corrected chi connectivity index (χ4v) is 2.11. The van der Waals surface area contributed by atoms with Crippen molar-refractivity contribution in [3.63, 3.8) is 0 Å². The standard InChI is InChI=1S/C11H12N4O/c16-10-4-1-3-9-8(10)7-14-15(9)11-12-5-2-6-13-11/h2,5-7,10,16H,1,3-4H2. The molecule has 1 N–H and O–H groups in total. The van der Waals surface area contributed by atoms with Crippen LogP contribution in [0, 0.1) is 0 Å². The lowest BCUT2D eigenvalue weighted by atomic mass is 9.95. The SMILES string of the molecule is OC1CCCc2c1cnn2-c1ncccn1. The summed E-state index contributed by atoms with van der Waals surface area (Å²) in [6.07, 6.45) is 7.42. The third-order valence-corrected chi connectivity index (χ3v) is 2.89. The molecule has 1 aliphatic carbocycles. The van der Waals surface area contributed by atoms with E-state index < -0.39 is 0 Å². The first-order valence-electron chi connectivity index (χ1n) is 5.38. The van der Waals surface area contributed by atoms with Crippen LogP contribution in [0.1, 0.15) is 30.2 Å². The molecule has 0 bridgehead atoms. The Hall–Kier alpha value is -1.75. The van der Waals surface area contributed by atoms with Gasteiger partial charge in [-0.1, -0.05) is 0 Å². The van der Waals surface area contributed by atoms with E-state index in [9.17, 15) is 5.11 Å². The first-order chi connectivity index (χ1) is 7.86. The molecule has 0 saturated carbocycles. The molecule has 0 radical (unpaired) electrons. The van der Waals surface area contributed by atoms with Crippen LogP contribution in [0.25, 0.3) is 5.95 Å². The van der Waals surface area contributed by atoms with E-state index in [0.717, 1.165) is 30.5 Å². The van der Waals surface area contributed by atoms with Gasteiger partial charge in [-0.3, -0.25) is 0 Å². The minimum Gasteiger partial charge on any atom is -0.388 e. The van der Waals surface area contributed by atoms with Crippen molar-refractivity contribution in [2.45, 2.75) is 25.4 Å². The second-order valence-corrected chi connectivity index (χ2v) is 3.92. The lowest BCUT2D eigenvalue weighted by Gasteiger charge is -2.17. The number of hydrogen-bond donors (Lipinski definition) is 1. The van der Waals surface area contributed by atoms with Crippen LogP contribution >= 0.6 is 0 Å². The largest absolute Gasteiger partial charge is 0.388 e. The molecule has 0 aromatic carbocycles. The third-order valence-electron chi connectivity index (χ3n) is 2.89. The third kappa shape index (κ3) is 1.40. The Morgan fingerprint density at radius 1 is 1.31 bits per heavy atom. The van der Waals surface area contributed by atoms with Crippen LogP contribution < -0.4 is 0 Å². The highest BCUT2D eigenvalue weighted by Gasteiger charge is 2.23. The quantitative estimate of drug-likeness (QED) is 0.773. The number of nitrogens with zero attached hydrogens (tertiary/aromatic N) is 4. The van der Waals surface area contributed by atoms with Crippen LogP contribution in [0.3, 0.4) is 0 Å².